The minimum absolute atomic E-state index is 0.0890. The molecule has 1 amide bonds. The molecule has 33 heavy (non-hydrogen) atoms. The second-order valence-electron chi connectivity index (χ2n) is 7.47. The summed E-state index contributed by atoms with van der Waals surface area (Å²) in [6.45, 7) is 3.51. The van der Waals surface area contributed by atoms with Gasteiger partial charge in [0.25, 0.3) is 5.91 Å². The number of Topliss-reactive ketones (excluding diaryl/α,β-unsaturated/α-hetero) is 1. The molecule has 0 radical (unpaired) electrons. The highest BCUT2D eigenvalue weighted by Crippen LogP contribution is 2.31. The topological polar surface area (TPSA) is 94.9 Å². The van der Waals surface area contributed by atoms with Gasteiger partial charge in [-0.3, -0.25) is 9.59 Å². The van der Waals surface area contributed by atoms with Crippen LogP contribution in [0.4, 0.5) is 11.4 Å². The van der Waals surface area contributed by atoms with Crippen molar-refractivity contribution in [1.82, 2.24) is 4.98 Å². The van der Waals surface area contributed by atoms with Crippen molar-refractivity contribution >= 4 is 44.6 Å². The van der Waals surface area contributed by atoms with Crippen molar-refractivity contribution < 1.29 is 9.59 Å². The summed E-state index contributed by atoms with van der Waals surface area (Å²) in [4.78, 5) is 28.7. The van der Waals surface area contributed by atoms with Crippen LogP contribution in [0.5, 0.6) is 0 Å². The molecular formula is C26H20N4O2S. The Morgan fingerprint density at radius 3 is 2.55 bits per heavy atom. The predicted molar refractivity (Wildman–Crippen MR) is 132 cm³/mol. The van der Waals surface area contributed by atoms with Gasteiger partial charge in [0.05, 0.1) is 10.2 Å². The summed E-state index contributed by atoms with van der Waals surface area (Å²) < 4.78 is 1.15. The van der Waals surface area contributed by atoms with Gasteiger partial charge in [0, 0.05) is 28.7 Å². The van der Waals surface area contributed by atoms with Gasteiger partial charge in [-0.15, -0.1) is 11.3 Å². The fourth-order valence-electron chi connectivity index (χ4n) is 3.18. The van der Waals surface area contributed by atoms with E-state index in [9.17, 15) is 14.9 Å². The Bertz CT molecular complexity index is 1430. The van der Waals surface area contributed by atoms with Crippen molar-refractivity contribution in [2.24, 2.45) is 0 Å². The first kappa shape index (κ1) is 21.9. The molecule has 0 unspecified atom stereocenters. The molecule has 4 rings (SSSR count). The molecule has 0 aliphatic rings. The van der Waals surface area contributed by atoms with Crippen LogP contribution in [-0.2, 0) is 4.79 Å². The molecule has 6 nitrogen and oxygen atoms in total. The first-order valence-electron chi connectivity index (χ1n) is 10.2. The summed E-state index contributed by atoms with van der Waals surface area (Å²) in [5.41, 5.74) is 4.74. The number of aromatic nitrogens is 1. The molecule has 2 N–H and O–H groups in total. The SMILES string of the molecule is CC(=O)c1cccc(NC(=O)/C(C#N)=C\Nc2ccc(-c3nc4ccc(C)cc4s3)cc2)c1. The molecule has 0 fully saturated rings. The molecule has 3 aromatic carbocycles. The molecule has 162 valence electrons. The number of rotatable bonds is 6. The number of nitriles is 1. The first-order chi connectivity index (χ1) is 15.9. The van der Waals surface area contributed by atoms with Crippen molar-refractivity contribution in [3.63, 3.8) is 0 Å². The van der Waals surface area contributed by atoms with Crippen LogP contribution in [0.1, 0.15) is 22.8 Å². The van der Waals surface area contributed by atoms with Crippen molar-refractivity contribution in [1.29, 1.82) is 5.26 Å². The van der Waals surface area contributed by atoms with Crippen molar-refractivity contribution in [2.75, 3.05) is 10.6 Å². The van der Waals surface area contributed by atoms with E-state index in [2.05, 4.69) is 23.6 Å². The van der Waals surface area contributed by atoms with Crippen LogP contribution < -0.4 is 10.6 Å². The standard InChI is InChI=1S/C26H20N4O2S/c1-16-6-11-23-24(12-16)33-26(30-23)18-7-9-21(10-8-18)28-15-20(14-27)25(32)29-22-5-3-4-19(13-22)17(2)31/h3-13,15,28H,1-2H3,(H,29,32)/b20-15-. The summed E-state index contributed by atoms with van der Waals surface area (Å²) in [7, 11) is 0. The molecular weight excluding hydrogens is 432 g/mol. The molecule has 0 spiro atoms. The predicted octanol–water partition coefficient (Wildman–Crippen LogP) is 5.93. The molecule has 1 aromatic heterocycles. The number of nitrogens with zero attached hydrogens (tertiary/aromatic N) is 2. The lowest BCUT2D eigenvalue weighted by Gasteiger charge is -2.07. The average molecular weight is 453 g/mol. The number of hydrogen-bond acceptors (Lipinski definition) is 6. The number of nitrogens with one attached hydrogen (secondary N) is 2. The molecule has 1 heterocycles. The number of anilines is 2. The van der Waals surface area contributed by atoms with E-state index in [0.717, 1.165) is 26.5 Å². The Kier molecular flexibility index (Phi) is 6.29. The minimum atomic E-state index is -0.563. The number of thiazole rings is 1. The normalized spacial score (nSPS) is 11.1. The van der Waals surface area contributed by atoms with Gasteiger partial charge in [-0.2, -0.15) is 5.26 Å². The summed E-state index contributed by atoms with van der Waals surface area (Å²) in [5.74, 6) is -0.666. The highest BCUT2D eigenvalue weighted by atomic mass is 32.1. The number of benzene rings is 3. The molecule has 7 heteroatoms. The van der Waals surface area contributed by atoms with E-state index in [-0.39, 0.29) is 11.4 Å². The Morgan fingerprint density at radius 1 is 1.03 bits per heavy atom. The van der Waals surface area contributed by atoms with Gasteiger partial charge in [0.2, 0.25) is 0 Å². The van der Waals surface area contributed by atoms with Crippen LogP contribution in [0, 0.1) is 18.3 Å². The van der Waals surface area contributed by atoms with Crippen molar-refractivity contribution in [3.05, 3.63) is 89.6 Å². The van der Waals surface area contributed by atoms with E-state index in [1.807, 2.05) is 42.5 Å². The highest BCUT2D eigenvalue weighted by Gasteiger charge is 2.11. The van der Waals surface area contributed by atoms with Crippen LogP contribution in [-0.4, -0.2) is 16.7 Å². The summed E-state index contributed by atoms with van der Waals surface area (Å²) in [5, 5.41) is 16.0. The number of ketones is 1. The Hall–Kier alpha value is -4.28. The third-order valence-electron chi connectivity index (χ3n) is 4.95. The fraction of sp³-hybridized carbons (Fsp3) is 0.0769. The molecule has 0 saturated heterocycles. The van der Waals surface area contributed by atoms with Gasteiger partial charge in [-0.25, -0.2) is 4.98 Å². The number of aryl methyl sites for hydroxylation is 1. The minimum Gasteiger partial charge on any atom is -0.360 e. The third kappa shape index (κ3) is 5.14. The average Bonchev–Trinajstić information content (AvgIpc) is 3.23. The first-order valence-corrected chi connectivity index (χ1v) is 11.0. The van der Waals surface area contributed by atoms with Gasteiger partial charge in [0.1, 0.15) is 16.6 Å². The molecule has 0 bridgehead atoms. The van der Waals surface area contributed by atoms with E-state index < -0.39 is 5.91 Å². The summed E-state index contributed by atoms with van der Waals surface area (Å²) in [6.07, 6.45) is 1.36. The smallest absolute Gasteiger partial charge is 0.267 e. The summed E-state index contributed by atoms with van der Waals surface area (Å²) >= 11 is 1.64. The van der Waals surface area contributed by atoms with Crippen LogP contribution in [0.3, 0.4) is 0 Å². The zero-order valence-electron chi connectivity index (χ0n) is 18.0. The van der Waals surface area contributed by atoms with Gasteiger partial charge in [-0.1, -0.05) is 18.2 Å². The largest absolute Gasteiger partial charge is 0.360 e. The van der Waals surface area contributed by atoms with Crippen LogP contribution in [0.15, 0.2) is 78.5 Å². The number of fused-ring (bicyclic) bond motifs is 1. The number of amides is 1. The lowest BCUT2D eigenvalue weighted by Crippen LogP contribution is -2.14. The van der Waals surface area contributed by atoms with Gasteiger partial charge < -0.3 is 10.6 Å². The van der Waals surface area contributed by atoms with E-state index in [1.165, 1.54) is 18.7 Å². The Balaban J connectivity index is 1.45. The Labute approximate surface area is 195 Å². The number of carbonyl (C=O) groups excluding carboxylic acids is 2. The number of hydrogen-bond donors (Lipinski definition) is 2. The van der Waals surface area contributed by atoms with E-state index in [0.29, 0.717) is 11.3 Å². The zero-order chi connectivity index (χ0) is 23.4. The van der Waals surface area contributed by atoms with Crippen molar-refractivity contribution in [2.45, 2.75) is 13.8 Å². The highest BCUT2D eigenvalue weighted by molar-refractivity contribution is 7.21. The van der Waals surface area contributed by atoms with E-state index in [4.69, 9.17) is 4.98 Å². The second kappa shape index (κ2) is 9.47. The van der Waals surface area contributed by atoms with E-state index >= 15 is 0 Å². The van der Waals surface area contributed by atoms with Crippen LogP contribution >= 0.6 is 11.3 Å². The summed E-state index contributed by atoms with van der Waals surface area (Å²) in [6, 6.07) is 22.3. The molecule has 0 aliphatic heterocycles. The maximum Gasteiger partial charge on any atom is 0.267 e. The molecule has 0 aliphatic carbocycles. The monoisotopic (exact) mass is 452 g/mol. The van der Waals surface area contributed by atoms with Gasteiger partial charge in [-0.05, 0) is 67.9 Å². The van der Waals surface area contributed by atoms with Gasteiger partial charge in [0.15, 0.2) is 5.78 Å². The van der Waals surface area contributed by atoms with Crippen LogP contribution in [0.2, 0.25) is 0 Å². The number of carbonyl (C=O) groups is 2. The van der Waals surface area contributed by atoms with Crippen molar-refractivity contribution in [3.8, 4) is 16.6 Å². The lowest BCUT2D eigenvalue weighted by atomic mass is 10.1. The van der Waals surface area contributed by atoms with E-state index in [1.54, 1.807) is 35.6 Å². The fourth-order valence-corrected chi connectivity index (χ4v) is 4.25. The molecule has 4 aromatic rings. The maximum absolute atomic E-state index is 12.5. The molecule has 0 saturated carbocycles. The quantitative estimate of drug-likeness (QED) is 0.215. The Morgan fingerprint density at radius 2 is 1.82 bits per heavy atom. The second-order valence-corrected chi connectivity index (χ2v) is 8.50. The zero-order valence-corrected chi connectivity index (χ0v) is 18.9. The third-order valence-corrected chi connectivity index (χ3v) is 6.02. The molecule has 0 atom stereocenters. The maximum atomic E-state index is 12.5. The lowest BCUT2D eigenvalue weighted by molar-refractivity contribution is -0.112. The van der Waals surface area contributed by atoms with Crippen LogP contribution in [0.25, 0.3) is 20.8 Å². The van der Waals surface area contributed by atoms with Gasteiger partial charge >= 0.3 is 0 Å².